The summed E-state index contributed by atoms with van der Waals surface area (Å²) in [6, 6.07) is 4.50. The van der Waals surface area contributed by atoms with E-state index in [0.29, 0.717) is 0 Å². The zero-order valence-corrected chi connectivity index (χ0v) is 13.0. The first-order valence-corrected chi connectivity index (χ1v) is 7.77. The van der Waals surface area contributed by atoms with Crippen LogP contribution in [0, 0.1) is 6.92 Å². The summed E-state index contributed by atoms with van der Waals surface area (Å²) in [6.45, 7) is 5.33. The minimum absolute atomic E-state index is 0.245. The standard InChI is InChI=1S/C14H17BrN2S/c1-3-5-17-14(13-7-11(15)9-18-13)12-8-16-6-4-10(12)2/h4,6-9,14,17H,3,5H2,1-2H3. The average molecular weight is 325 g/mol. The van der Waals surface area contributed by atoms with Crippen molar-refractivity contribution in [1.29, 1.82) is 0 Å². The van der Waals surface area contributed by atoms with E-state index in [2.05, 4.69) is 57.6 Å². The van der Waals surface area contributed by atoms with Crippen LogP contribution in [-0.2, 0) is 0 Å². The first kappa shape index (κ1) is 13.7. The lowest BCUT2D eigenvalue weighted by Gasteiger charge is -2.19. The molecule has 0 amide bonds. The van der Waals surface area contributed by atoms with Crippen LogP contribution in [0.3, 0.4) is 0 Å². The van der Waals surface area contributed by atoms with Crippen LogP contribution in [0.5, 0.6) is 0 Å². The van der Waals surface area contributed by atoms with E-state index in [9.17, 15) is 0 Å². The Morgan fingerprint density at radius 3 is 2.94 bits per heavy atom. The van der Waals surface area contributed by atoms with Gasteiger partial charge in [0.2, 0.25) is 0 Å². The summed E-state index contributed by atoms with van der Waals surface area (Å²) in [5.41, 5.74) is 2.54. The van der Waals surface area contributed by atoms with E-state index >= 15 is 0 Å². The normalized spacial score (nSPS) is 12.6. The molecule has 0 saturated heterocycles. The van der Waals surface area contributed by atoms with E-state index < -0.39 is 0 Å². The third-order valence-electron chi connectivity index (χ3n) is 2.86. The van der Waals surface area contributed by atoms with Gasteiger partial charge in [-0.1, -0.05) is 6.92 Å². The lowest BCUT2D eigenvalue weighted by atomic mass is 10.0. The fraction of sp³-hybridized carbons (Fsp3) is 0.357. The van der Waals surface area contributed by atoms with E-state index in [1.807, 2.05) is 12.4 Å². The maximum absolute atomic E-state index is 4.26. The Morgan fingerprint density at radius 1 is 1.50 bits per heavy atom. The van der Waals surface area contributed by atoms with Crippen molar-refractivity contribution >= 4 is 27.3 Å². The first-order valence-electron chi connectivity index (χ1n) is 6.10. The van der Waals surface area contributed by atoms with Crippen molar-refractivity contribution in [2.45, 2.75) is 26.3 Å². The van der Waals surface area contributed by atoms with Crippen LogP contribution in [0.2, 0.25) is 0 Å². The average Bonchev–Trinajstić information content (AvgIpc) is 2.78. The van der Waals surface area contributed by atoms with Gasteiger partial charge < -0.3 is 5.32 Å². The number of rotatable bonds is 5. The molecule has 0 spiro atoms. The minimum Gasteiger partial charge on any atom is -0.306 e. The molecule has 0 aliphatic heterocycles. The number of halogens is 1. The molecule has 4 heteroatoms. The molecule has 18 heavy (non-hydrogen) atoms. The van der Waals surface area contributed by atoms with Crippen molar-refractivity contribution in [3.8, 4) is 0 Å². The van der Waals surface area contributed by atoms with Gasteiger partial charge in [0, 0.05) is 27.1 Å². The number of hydrogen-bond donors (Lipinski definition) is 1. The molecule has 0 aliphatic carbocycles. The van der Waals surface area contributed by atoms with Crippen LogP contribution in [0.15, 0.2) is 34.4 Å². The van der Waals surface area contributed by atoms with Crippen LogP contribution in [-0.4, -0.2) is 11.5 Å². The molecule has 1 N–H and O–H groups in total. The fourth-order valence-corrected chi connectivity index (χ4v) is 3.45. The van der Waals surface area contributed by atoms with E-state index in [1.165, 1.54) is 16.0 Å². The van der Waals surface area contributed by atoms with Gasteiger partial charge in [-0.25, -0.2) is 0 Å². The Balaban J connectivity index is 2.33. The Morgan fingerprint density at radius 2 is 2.33 bits per heavy atom. The second-order valence-electron chi connectivity index (χ2n) is 4.29. The third-order valence-corrected chi connectivity index (χ3v) is 4.62. The molecule has 2 rings (SSSR count). The van der Waals surface area contributed by atoms with Crippen molar-refractivity contribution in [2.24, 2.45) is 0 Å². The first-order chi connectivity index (χ1) is 8.72. The molecule has 0 aliphatic rings. The summed E-state index contributed by atoms with van der Waals surface area (Å²) >= 11 is 5.30. The van der Waals surface area contributed by atoms with Crippen LogP contribution in [0.1, 0.15) is 35.4 Å². The lowest BCUT2D eigenvalue weighted by molar-refractivity contribution is 0.602. The van der Waals surface area contributed by atoms with Crippen LogP contribution >= 0.6 is 27.3 Å². The second kappa shape index (κ2) is 6.45. The lowest BCUT2D eigenvalue weighted by Crippen LogP contribution is -2.23. The predicted molar refractivity (Wildman–Crippen MR) is 81.1 cm³/mol. The van der Waals surface area contributed by atoms with E-state index in [0.717, 1.165) is 17.4 Å². The Labute approximate surface area is 121 Å². The number of aryl methyl sites for hydroxylation is 1. The molecule has 2 aromatic heterocycles. The highest BCUT2D eigenvalue weighted by atomic mass is 79.9. The smallest absolute Gasteiger partial charge is 0.0689 e. The van der Waals surface area contributed by atoms with Gasteiger partial charge in [-0.3, -0.25) is 4.98 Å². The van der Waals surface area contributed by atoms with Crippen molar-refractivity contribution < 1.29 is 0 Å². The second-order valence-corrected chi connectivity index (χ2v) is 6.15. The molecule has 0 saturated carbocycles. The fourth-order valence-electron chi connectivity index (χ4n) is 1.91. The van der Waals surface area contributed by atoms with E-state index in [1.54, 1.807) is 11.3 Å². The van der Waals surface area contributed by atoms with Gasteiger partial charge in [0.1, 0.15) is 0 Å². The molecule has 1 atom stereocenters. The molecule has 1 unspecified atom stereocenters. The molecule has 0 bridgehead atoms. The van der Waals surface area contributed by atoms with Gasteiger partial charge in [-0.2, -0.15) is 0 Å². The van der Waals surface area contributed by atoms with Gasteiger partial charge in [0.25, 0.3) is 0 Å². The SMILES string of the molecule is CCCNC(c1cc(Br)cs1)c1cnccc1C. The zero-order chi connectivity index (χ0) is 13.0. The quantitative estimate of drug-likeness (QED) is 0.886. The van der Waals surface area contributed by atoms with Crippen molar-refractivity contribution in [1.82, 2.24) is 10.3 Å². The van der Waals surface area contributed by atoms with Gasteiger partial charge >= 0.3 is 0 Å². The summed E-state index contributed by atoms with van der Waals surface area (Å²) < 4.78 is 1.15. The monoisotopic (exact) mass is 324 g/mol. The van der Waals surface area contributed by atoms with Gasteiger partial charge in [-0.05, 0) is 59.1 Å². The molecule has 96 valence electrons. The Kier molecular flexibility index (Phi) is 4.92. The topological polar surface area (TPSA) is 24.9 Å². The highest BCUT2D eigenvalue weighted by Gasteiger charge is 2.17. The highest BCUT2D eigenvalue weighted by Crippen LogP contribution is 2.31. The molecule has 2 aromatic rings. The molecule has 2 heterocycles. The maximum atomic E-state index is 4.26. The summed E-state index contributed by atoms with van der Waals surface area (Å²) in [6.07, 6.45) is 4.94. The molecule has 0 fully saturated rings. The summed E-state index contributed by atoms with van der Waals surface area (Å²) in [5.74, 6) is 0. The van der Waals surface area contributed by atoms with Gasteiger partial charge in [0.15, 0.2) is 0 Å². The maximum Gasteiger partial charge on any atom is 0.0689 e. The number of pyridine rings is 1. The van der Waals surface area contributed by atoms with Crippen LogP contribution in [0.4, 0.5) is 0 Å². The van der Waals surface area contributed by atoms with Crippen molar-refractivity contribution in [3.05, 3.63) is 50.4 Å². The molecule has 2 nitrogen and oxygen atoms in total. The molecular weight excluding hydrogens is 308 g/mol. The van der Waals surface area contributed by atoms with E-state index in [-0.39, 0.29) is 6.04 Å². The number of hydrogen-bond acceptors (Lipinski definition) is 3. The molecule has 0 radical (unpaired) electrons. The predicted octanol–water partition coefficient (Wildman–Crippen LogP) is 4.30. The molecule has 0 aromatic carbocycles. The number of nitrogens with one attached hydrogen (secondary N) is 1. The summed E-state index contributed by atoms with van der Waals surface area (Å²) in [5, 5.41) is 5.73. The zero-order valence-electron chi connectivity index (χ0n) is 10.6. The Bertz CT molecular complexity index is 510. The van der Waals surface area contributed by atoms with Gasteiger partial charge in [-0.15, -0.1) is 11.3 Å². The van der Waals surface area contributed by atoms with Crippen molar-refractivity contribution in [2.75, 3.05) is 6.54 Å². The number of aromatic nitrogens is 1. The summed E-state index contributed by atoms with van der Waals surface area (Å²) in [7, 11) is 0. The van der Waals surface area contributed by atoms with E-state index in [4.69, 9.17) is 0 Å². The third kappa shape index (κ3) is 3.19. The van der Waals surface area contributed by atoms with Gasteiger partial charge in [0.05, 0.1) is 6.04 Å². The summed E-state index contributed by atoms with van der Waals surface area (Å²) in [4.78, 5) is 5.59. The molecular formula is C14H17BrN2S. The van der Waals surface area contributed by atoms with Crippen LogP contribution in [0.25, 0.3) is 0 Å². The number of thiophene rings is 1. The van der Waals surface area contributed by atoms with Crippen LogP contribution < -0.4 is 5.32 Å². The highest BCUT2D eigenvalue weighted by molar-refractivity contribution is 9.10. The largest absolute Gasteiger partial charge is 0.306 e. The number of nitrogens with zero attached hydrogens (tertiary/aromatic N) is 1. The minimum atomic E-state index is 0.245. The Hall–Kier alpha value is -0.710. The van der Waals surface area contributed by atoms with Crippen molar-refractivity contribution in [3.63, 3.8) is 0 Å².